The summed E-state index contributed by atoms with van der Waals surface area (Å²) in [6.07, 6.45) is 2.34. The fourth-order valence-electron chi connectivity index (χ4n) is 3.66. The molecule has 0 aromatic heterocycles. The molecule has 0 saturated carbocycles. The highest BCUT2D eigenvalue weighted by Gasteiger charge is 2.53. The second kappa shape index (κ2) is 14.2. The molecule has 210 valence electrons. The lowest BCUT2D eigenvalue weighted by atomic mass is 10.1. The van der Waals surface area contributed by atoms with Crippen molar-refractivity contribution in [2.45, 2.75) is 43.2 Å². The number of carbonyl (C=O) groups is 7. The number of anilines is 1. The van der Waals surface area contributed by atoms with Gasteiger partial charge in [-0.2, -0.15) is 0 Å². The third-order valence-electron chi connectivity index (χ3n) is 5.92. The van der Waals surface area contributed by atoms with E-state index in [1.54, 1.807) is 24.3 Å². The number of benzene rings is 1. The van der Waals surface area contributed by atoms with Gasteiger partial charge in [0.25, 0.3) is 0 Å². The van der Waals surface area contributed by atoms with Gasteiger partial charge in [-0.25, -0.2) is 0 Å². The molecule has 14 heteroatoms. The van der Waals surface area contributed by atoms with Gasteiger partial charge in [0, 0.05) is 31.5 Å². The van der Waals surface area contributed by atoms with Gasteiger partial charge in [0.1, 0.15) is 13.2 Å². The van der Waals surface area contributed by atoms with Crippen molar-refractivity contribution in [3.8, 4) is 0 Å². The van der Waals surface area contributed by atoms with Gasteiger partial charge >= 0.3 is 0 Å². The first-order chi connectivity index (χ1) is 18.7. The fraction of sp³-hybridized carbons (Fsp3) is 0.480. The molecule has 2 aliphatic rings. The molecule has 1 aromatic carbocycles. The van der Waals surface area contributed by atoms with E-state index in [1.165, 1.54) is 4.90 Å². The highest BCUT2D eigenvalue weighted by atomic mass is 33.2. The maximum absolute atomic E-state index is 12.7. The summed E-state index contributed by atoms with van der Waals surface area (Å²) in [5, 5.41) is 5.06. The highest BCUT2D eigenvalue weighted by Crippen LogP contribution is 2.62. The summed E-state index contributed by atoms with van der Waals surface area (Å²) in [5.41, 5.74) is 1.37. The molecule has 2 fully saturated rings. The molecule has 1 aromatic rings. The molecule has 0 radical (unpaired) electrons. The van der Waals surface area contributed by atoms with Crippen LogP contribution in [0.25, 0.3) is 0 Å². The zero-order valence-corrected chi connectivity index (χ0v) is 23.1. The van der Waals surface area contributed by atoms with Gasteiger partial charge in [-0.1, -0.05) is 19.1 Å². The monoisotopic (exact) mass is 578 g/mol. The fourth-order valence-corrected chi connectivity index (χ4v) is 5.35. The molecule has 2 saturated heterocycles. The topological polar surface area (TPSA) is 159 Å². The molecule has 0 atom stereocenters. The van der Waals surface area contributed by atoms with E-state index in [0.29, 0.717) is 37.9 Å². The first-order valence-electron chi connectivity index (χ1n) is 12.4. The van der Waals surface area contributed by atoms with Crippen LogP contribution in [0.4, 0.5) is 5.69 Å². The zero-order chi connectivity index (χ0) is 28.4. The average molecular weight is 579 g/mol. The summed E-state index contributed by atoms with van der Waals surface area (Å²) in [6, 6.07) is 6.86. The molecule has 0 bridgehead atoms. The largest absolute Gasteiger partial charge is 0.362 e. The van der Waals surface area contributed by atoms with Crippen LogP contribution in [0.15, 0.2) is 24.3 Å². The van der Waals surface area contributed by atoms with Gasteiger partial charge < -0.3 is 20.3 Å². The molecule has 0 aliphatic carbocycles. The lowest BCUT2D eigenvalue weighted by Gasteiger charge is -2.28. The normalized spacial score (nSPS) is 15.1. The minimum atomic E-state index is -1.15. The van der Waals surface area contributed by atoms with E-state index >= 15 is 0 Å². The Morgan fingerprint density at radius 3 is 2.36 bits per heavy atom. The number of ketones is 2. The van der Waals surface area contributed by atoms with Gasteiger partial charge in [0.15, 0.2) is 11.6 Å². The van der Waals surface area contributed by atoms with Crippen molar-refractivity contribution in [1.29, 1.82) is 0 Å². The van der Waals surface area contributed by atoms with Crippen molar-refractivity contribution in [1.82, 2.24) is 15.1 Å². The van der Waals surface area contributed by atoms with E-state index in [1.807, 2.05) is 6.92 Å². The van der Waals surface area contributed by atoms with E-state index in [0.717, 1.165) is 32.1 Å². The van der Waals surface area contributed by atoms with Crippen molar-refractivity contribution >= 4 is 68.9 Å². The Bertz CT molecular complexity index is 1120. The predicted molar refractivity (Wildman–Crippen MR) is 144 cm³/mol. The number of ether oxygens (including phenoxy) is 1. The Morgan fingerprint density at radius 2 is 1.79 bits per heavy atom. The molecule has 0 unspecified atom stereocenters. The van der Waals surface area contributed by atoms with Gasteiger partial charge in [-0.05, 0) is 52.1 Å². The first-order valence-corrected chi connectivity index (χ1v) is 14.5. The molecule has 2 heterocycles. The Balaban J connectivity index is 1.43. The number of rotatable bonds is 17. The molecular formula is C25H30N4O8S2. The van der Waals surface area contributed by atoms with Crippen LogP contribution in [0.5, 0.6) is 0 Å². The number of hydrogen-bond donors (Lipinski definition) is 2. The van der Waals surface area contributed by atoms with Crippen molar-refractivity contribution in [3.63, 3.8) is 0 Å². The summed E-state index contributed by atoms with van der Waals surface area (Å²) in [4.78, 5) is 86.2. The maximum Gasteiger partial charge on any atom is 0.250 e. The van der Waals surface area contributed by atoms with E-state index < -0.39 is 35.0 Å². The highest BCUT2D eigenvalue weighted by molar-refractivity contribution is 8.94. The van der Waals surface area contributed by atoms with Gasteiger partial charge in [0.2, 0.25) is 34.2 Å². The number of aryl methyl sites for hydroxylation is 1. The number of likely N-dealkylation sites (tertiary alicyclic amines) is 1. The molecule has 2 aliphatic heterocycles. The Morgan fingerprint density at radius 1 is 1.08 bits per heavy atom. The zero-order valence-electron chi connectivity index (χ0n) is 21.4. The van der Waals surface area contributed by atoms with Crippen molar-refractivity contribution in [2.75, 3.05) is 38.2 Å². The SMILES string of the molecule is CCCC(=O)CN(CC(=O)C1(NC=O)SS1)C(=O)COCC(=O)Nc1ccc(CCC(=O)N2CCC2=O)cc1. The summed E-state index contributed by atoms with van der Waals surface area (Å²) in [6.45, 7) is 0.703. The predicted octanol–water partition coefficient (Wildman–Crippen LogP) is 0.895. The van der Waals surface area contributed by atoms with Crippen LogP contribution in [-0.2, 0) is 44.7 Å². The summed E-state index contributed by atoms with van der Waals surface area (Å²) in [5.74, 6) is -2.13. The van der Waals surface area contributed by atoms with Crippen LogP contribution in [0, 0.1) is 0 Å². The number of Topliss-reactive ketones (excluding diaryl/α,β-unsaturated/α-hetero) is 2. The third kappa shape index (κ3) is 8.90. The second-order valence-electron chi connectivity index (χ2n) is 8.93. The standard InChI is InChI=1S/C25H30N4O8S2/c1-2-3-19(31)12-28(13-20(32)25(26-16-30)38-39-25)24(36)15-37-14-21(33)27-18-7-4-17(5-8-18)6-9-22(34)29-11-10-23(29)35/h4-5,7-8,16H,2-3,6,9-15H2,1H3,(H,26,30)(H,27,33). The lowest BCUT2D eigenvalue weighted by molar-refractivity contribution is -0.152. The van der Waals surface area contributed by atoms with Crippen LogP contribution in [0.1, 0.15) is 38.2 Å². The summed E-state index contributed by atoms with van der Waals surface area (Å²) in [7, 11) is 2.30. The molecular weight excluding hydrogens is 548 g/mol. The van der Waals surface area contributed by atoms with Crippen molar-refractivity contribution in [2.24, 2.45) is 0 Å². The van der Waals surface area contributed by atoms with Crippen LogP contribution in [-0.4, -0.2) is 88.5 Å². The molecule has 2 N–H and O–H groups in total. The summed E-state index contributed by atoms with van der Waals surface area (Å²) < 4.78 is 4.10. The van der Waals surface area contributed by atoms with Gasteiger partial charge in [-0.3, -0.25) is 38.5 Å². The number of hydrogen-bond acceptors (Lipinski definition) is 10. The lowest BCUT2D eigenvalue weighted by Crippen LogP contribution is -2.47. The Kier molecular flexibility index (Phi) is 11.1. The summed E-state index contributed by atoms with van der Waals surface area (Å²) >= 11 is 0. The molecule has 0 spiro atoms. The molecule has 5 amide bonds. The maximum atomic E-state index is 12.7. The van der Waals surface area contributed by atoms with Crippen LogP contribution >= 0.6 is 21.6 Å². The van der Waals surface area contributed by atoms with Gasteiger partial charge in [0.05, 0.1) is 13.1 Å². The van der Waals surface area contributed by atoms with E-state index in [2.05, 4.69) is 10.6 Å². The molecule has 12 nitrogen and oxygen atoms in total. The van der Waals surface area contributed by atoms with Gasteiger partial charge in [-0.15, -0.1) is 0 Å². The number of nitrogens with one attached hydrogen (secondary N) is 2. The minimum absolute atomic E-state index is 0.148. The van der Waals surface area contributed by atoms with Crippen LogP contribution in [0.3, 0.4) is 0 Å². The second-order valence-corrected chi connectivity index (χ2v) is 11.8. The first kappa shape index (κ1) is 30.3. The van der Waals surface area contributed by atoms with E-state index in [4.69, 9.17) is 4.74 Å². The average Bonchev–Trinajstić information content (AvgIpc) is 3.68. The molecule has 39 heavy (non-hydrogen) atoms. The van der Waals surface area contributed by atoms with Crippen molar-refractivity contribution < 1.29 is 38.3 Å². The number of carbonyl (C=O) groups excluding carboxylic acids is 7. The van der Waals surface area contributed by atoms with Crippen molar-refractivity contribution in [3.05, 3.63) is 29.8 Å². The Hall–Kier alpha value is -3.23. The minimum Gasteiger partial charge on any atom is -0.362 e. The smallest absolute Gasteiger partial charge is 0.250 e. The number of nitrogens with zero attached hydrogens (tertiary/aromatic N) is 2. The number of β-lactam (4-membered cyclic amide) rings is 1. The van der Waals surface area contributed by atoms with E-state index in [-0.39, 0.29) is 43.5 Å². The number of imide groups is 1. The number of amides is 5. The van der Waals surface area contributed by atoms with Crippen LogP contribution in [0.2, 0.25) is 0 Å². The van der Waals surface area contributed by atoms with E-state index in [9.17, 15) is 33.6 Å². The third-order valence-corrected chi connectivity index (χ3v) is 8.62. The quantitative estimate of drug-likeness (QED) is 0.118. The Labute approximate surface area is 233 Å². The van der Waals surface area contributed by atoms with Crippen LogP contribution < -0.4 is 10.6 Å². The molecule has 3 rings (SSSR count).